The molecule has 1 unspecified atom stereocenters. The Labute approximate surface area is 240 Å². The van der Waals surface area contributed by atoms with Crippen LogP contribution in [0.15, 0.2) is 42.5 Å². The molecule has 6 nitrogen and oxygen atoms in total. The lowest BCUT2D eigenvalue weighted by Gasteiger charge is -2.40. The van der Waals surface area contributed by atoms with Gasteiger partial charge in [0.2, 0.25) is 6.41 Å². The zero-order chi connectivity index (χ0) is 28.4. The van der Waals surface area contributed by atoms with Gasteiger partial charge in [0, 0.05) is 56.7 Å². The molecule has 3 saturated heterocycles. The summed E-state index contributed by atoms with van der Waals surface area (Å²) in [5.41, 5.74) is 4.74. The van der Waals surface area contributed by atoms with Gasteiger partial charge in [0.05, 0.1) is 10.6 Å². The third-order valence-corrected chi connectivity index (χ3v) is 8.76. The van der Waals surface area contributed by atoms with E-state index in [0.717, 1.165) is 57.7 Å². The molecule has 7 heteroatoms. The molecule has 3 aliphatic heterocycles. The molecule has 212 valence electrons. The molecule has 0 bridgehead atoms. The number of nitrogens with zero attached hydrogens (tertiary/aromatic N) is 4. The summed E-state index contributed by atoms with van der Waals surface area (Å²) in [6.07, 6.45) is 6.47. The van der Waals surface area contributed by atoms with E-state index >= 15 is 0 Å². The molecule has 1 spiro atoms. The van der Waals surface area contributed by atoms with Crippen LogP contribution in [0.2, 0.25) is 5.02 Å². The SMILES string of the molecule is CC.Cc1ccc(N2CCC3(CC2)CC(C)N(c2ccc(C#N)c(Cl)c2)C3)cc1.O=CN1CCC(CO)CC1. The first-order chi connectivity index (χ1) is 18.9. The number of likely N-dealkylation sites (tertiary alicyclic amines) is 1. The Balaban J connectivity index is 0.000000294. The number of anilines is 2. The number of carbonyl (C=O) groups is 1. The van der Waals surface area contributed by atoms with Crippen molar-refractivity contribution < 1.29 is 9.90 Å². The highest BCUT2D eigenvalue weighted by Crippen LogP contribution is 2.45. The van der Waals surface area contributed by atoms with Crippen molar-refractivity contribution in [1.82, 2.24) is 4.90 Å². The first-order valence-corrected chi connectivity index (χ1v) is 14.8. The maximum Gasteiger partial charge on any atom is 0.209 e. The number of piperidine rings is 2. The summed E-state index contributed by atoms with van der Waals surface area (Å²) in [4.78, 5) is 17.0. The Morgan fingerprint density at radius 1 is 1.05 bits per heavy atom. The third kappa shape index (κ3) is 7.90. The lowest BCUT2D eigenvalue weighted by molar-refractivity contribution is -0.119. The van der Waals surface area contributed by atoms with Crippen molar-refractivity contribution in [2.24, 2.45) is 11.3 Å². The fourth-order valence-corrected chi connectivity index (χ4v) is 6.25. The van der Waals surface area contributed by atoms with Gasteiger partial charge in [-0.05, 0) is 87.6 Å². The number of nitriles is 1. The van der Waals surface area contributed by atoms with E-state index in [0.29, 0.717) is 28.0 Å². The predicted molar refractivity (Wildman–Crippen MR) is 161 cm³/mol. The van der Waals surface area contributed by atoms with Gasteiger partial charge in [0.15, 0.2) is 0 Å². The molecule has 3 fully saturated rings. The number of benzene rings is 2. The van der Waals surface area contributed by atoms with Gasteiger partial charge in [-0.3, -0.25) is 4.79 Å². The number of aryl methyl sites for hydroxylation is 1. The molecule has 5 rings (SSSR count). The first kappa shape index (κ1) is 30.8. The normalized spacial score (nSPS) is 20.4. The number of aliphatic hydroxyl groups excluding tert-OH is 1. The van der Waals surface area contributed by atoms with Crippen LogP contribution in [0.4, 0.5) is 11.4 Å². The van der Waals surface area contributed by atoms with Crippen molar-refractivity contribution >= 4 is 29.4 Å². The molecule has 0 aliphatic carbocycles. The molecule has 3 heterocycles. The highest BCUT2D eigenvalue weighted by atomic mass is 35.5. The molecule has 3 aliphatic rings. The third-order valence-electron chi connectivity index (χ3n) is 8.45. The maximum atomic E-state index is 10.2. The van der Waals surface area contributed by atoms with Gasteiger partial charge >= 0.3 is 0 Å². The van der Waals surface area contributed by atoms with Gasteiger partial charge in [-0.25, -0.2) is 0 Å². The van der Waals surface area contributed by atoms with Crippen molar-refractivity contribution in [2.45, 2.75) is 65.8 Å². The van der Waals surface area contributed by atoms with Gasteiger partial charge in [-0.1, -0.05) is 43.1 Å². The van der Waals surface area contributed by atoms with Crippen LogP contribution in [0.25, 0.3) is 0 Å². The standard InChI is InChI=1S/C23H26ClN3.C7H13NO2.C2H6/c1-17-3-6-20(7-4-17)26-11-9-23(10-12-26)14-18(2)27(16-23)21-8-5-19(15-25)22(24)13-21;9-5-7-1-3-8(6-10)4-2-7;1-2/h3-8,13,18H,9-12,14,16H2,1-2H3;6-7,9H,1-5H2;1-2H3. The molecule has 39 heavy (non-hydrogen) atoms. The predicted octanol–water partition coefficient (Wildman–Crippen LogP) is 6.28. The molecular formula is C32H45ClN4O2. The fraction of sp³-hybridized carbons (Fsp3) is 0.562. The van der Waals surface area contributed by atoms with Crippen molar-refractivity contribution in [3.63, 3.8) is 0 Å². The van der Waals surface area contributed by atoms with Crippen LogP contribution in [-0.2, 0) is 4.79 Å². The lowest BCUT2D eigenvalue weighted by atomic mass is 9.76. The molecule has 0 radical (unpaired) electrons. The smallest absolute Gasteiger partial charge is 0.209 e. The number of amides is 1. The van der Waals surface area contributed by atoms with E-state index in [1.807, 2.05) is 32.0 Å². The second-order valence-electron chi connectivity index (χ2n) is 11.0. The van der Waals surface area contributed by atoms with E-state index in [4.69, 9.17) is 22.0 Å². The van der Waals surface area contributed by atoms with Crippen LogP contribution in [0, 0.1) is 29.6 Å². The first-order valence-electron chi connectivity index (χ1n) is 14.4. The van der Waals surface area contributed by atoms with Crippen molar-refractivity contribution in [3.8, 4) is 6.07 Å². The molecule has 0 saturated carbocycles. The van der Waals surface area contributed by atoms with Gasteiger partial charge in [-0.2, -0.15) is 5.26 Å². The summed E-state index contributed by atoms with van der Waals surface area (Å²) in [5, 5.41) is 18.4. The van der Waals surface area contributed by atoms with Crippen molar-refractivity contribution in [2.75, 3.05) is 49.1 Å². The fourth-order valence-electron chi connectivity index (χ4n) is 6.04. The minimum Gasteiger partial charge on any atom is -0.396 e. The van der Waals surface area contributed by atoms with E-state index in [2.05, 4.69) is 54.0 Å². The summed E-state index contributed by atoms with van der Waals surface area (Å²) in [5.74, 6) is 0.427. The minimum absolute atomic E-state index is 0.271. The number of carbonyl (C=O) groups excluding carboxylic acids is 1. The number of hydrogen-bond acceptors (Lipinski definition) is 5. The average molecular weight is 553 g/mol. The Hall–Kier alpha value is -2.75. The molecule has 1 amide bonds. The van der Waals surface area contributed by atoms with Gasteiger partial charge in [-0.15, -0.1) is 0 Å². The molecule has 2 aromatic rings. The molecular weight excluding hydrogens is 508 g/mol. The van der Waals surface area contributed by atoms with Crippen LogP contribution < -0.4 is 9.80 Å². The Morgan fingerprint density at radius 3 is 2.21 bits per heavy atom. The number of rotatable bonds is 4. The van der Waals surface area contributed by atoms with E-state index in [-0.39, 0.29) is 6.61 Å². The number of halogens is 1. The quantitative estimate of drug-likeness (QED) is 0.452. The topological polar surface area (TPSA) is 70.8 Å². The summed E-state index contributed by atoms with van der Waals surface area (Å²) >= 11 is 6.28. The van der Waals surface area contributed by atoms with Crippen LogP contribution in [-0.4, -0.2) is 61.8 Å². The van der Waals surface area contributed by atoms with Gasteiger partial charge < -0.3 is 19.8 Å². The van der Waals surface area contributed by atoms with E-state index in [9.17, 15) is 4.79 Å². The monoisotopic (exact) mass is 552 g/mol. The second-order valence-corrected chi connectivity index (χ2v) is 11.5. The summed E-state index contributed by atoms with van der Waals surface area (Å²) in [7, 11) is 0. The molecule has 1 N–H and O–H groups in total. The maximum absolute atomic E-state index is 10.2. The van der Waals surface area contributed by atoms with Crippen LogP contribution in [0.5, 0.6) is 0 Å². The zero-order valence-electron chi connectivity index (χ0n) is 24.1. The lowest BCUT2D eigenvalue weighted by Crippen LogP contribution is -2.41. The Bertz CT molecular complexity index is 1080. The summed E-state index contributed by atoms with van der Waals surface area (Å²) in [6, 6.07) is 17.4. The minimum atomic E-state index is 0.271. The average Bonchev–Trinajstić information content (AvgIpc) is 3.30. The second kappa shape index (κ2) is 14.6. The highest BCUT2D eigenvalue weighted by Gasteiger charge is 2.44. The van der Waals surface area contributed by atoms with Crippen molar-refractivity contribution in [3.05, 3.63) is 58.6 Å². The Kier molecular flexibility index (Phi) is 11.5. The van der Waals surface area contributed by atoms with Gasteiger partial charge in [0.25, 0.3) is 0 Å². The van der Waals surface area contributed by atoms with E-state index in [1.165, 1.54) is 30.5 Å². The van der Waals surface area contributed by atoms with E-state index in [1.54, 1.807) is 4.90 Å². The summed E-state index contributed by atoms with van der Waals surface area (Å²) < 4.78 is 0. The van der Waals surface area contributed by atoms with E-state index < -0.39 is 0 Å². The largest absolute Gasteiger partial charge is 0.396 e. The summed E-state index contributed by atoms with van der Waals surface area (Å²) in [6.45, 7) is 13.7. The Morgan fingerprint density at radius 2 is 1.67 bits per heavy atom. The zero-order valence-corrected chi connectivity index (χ0v) is 24.8. The number of aliphatic hydroxyl groups is 1. The van der Waals surface area contributed by atoms with Crippen LogP contribution >= 0.6 is 11.6 Å². The molecule has 2 aromatic carbocycles. The van der Waals surface area contributed by atoms with Crippen molar-refractivity contribution in [1.29, 1.82) is 5.26 Å². The van der Waals surface area contributed by atoms with Crippen LogP contribution in [0.3, 0.4) is 0 Å². The molecule has 0 aromatic heterocycles. The molecule has 1 atom stereocenters. The number of hydrogen-bond donors (Lipinski definition) is 1. The van der Waals surface area contributed by atoms with Gasteiger partial charge in [0.1, 0.15) is 6.07 Å². The van der Waals surface area contributed by atoms with Crippen LogP contribution in [0.1, 0.15) is 64.0 Å². The highest BCUT2D eigenvalue weighted by molar-refractivity contribution is 6.32.